The Morgan fingerprint density at radius 1 is 0.865 bits per heavy atom. The van der Waals surface area contributed by atoms with Gasteiger partial charge in [-0.05, 0) is 51.0 Å². The lowest BCUT2D eigenvalue weighted by Crippen LogP contribution is -2.43. The minimum Gasteiger partial charge on any atom is -0.475 e. The van der Waals surface area contributed by atoms with Crippen LogP contribution < -0.4 is 0 Å². The number of rotatable bonds is 5. The molecule has 4 rings (SSSR count). The molecule has 52 heavy (non-hydrogen) atoms. The third-order valence-electron chi connectivity index (χ3n) is 7.19. The van der Waals surface area contributed by atoms with E-state index in [1.165, 1.54) is 0 Å². The Morgan fingerprint density at radius 2 is 1.40 bits per heavy atom. The third-order valence-corrected chi connectivity index (χ3v) is 7.19. The molecule has 2 aliphatic rings. The van der Waals surface area contributed by atoms with Crippen molar-refractivity contribution in [3.8, 4) is 0 Å². The summed E-state index contributed by atoms with van der Waals surface area (Å²) in [5.41, 5.74) is 1.99. The van der Waals surface area contributed by atoms with Gasteiger partial charge >= 0.3 is 42.4 Å². The second-order valence-electron chi connectivity index (χ2n) is 11.0. The van der Waals surface area contributed by atoms with Crippen LogP contribution >= 0.6 is 0 Å². The van der Waals surface area contributed by atoms with Crippen molar-refractivity contribution in [2.75, 3.05) is 32.8 Å². The van der Waals surface area contributed by atoms with Crippen molar-refractivity contribution < 1.29 is 83.5 Å². The summed E-state index contributed by atoms with van der Waals surface area (Å²) in [6, 6.07) is 9.60. The molecule has 4 heterocycles. The zero-order chi connectivity index (χ0) is 40.1. The summed E-state index contributed by atoms with van der Waals surface area (Å²) >= 11 is 0. The summed E-state index contributed by atoms with van der Waals surface area (Å²) in [7, 11) is 0. The topological polar surface area (TPSA) is 188 Å². The van der Waals surface area contributed by atoms with Gasteiger partial charge in [0.2, 0.25) is 0 Å². The lowest BCUT2D eigenvalue weighted by molar-refractivity contribution is -0.193. The molecule has 1 amide bonds. The molecule has 13 nitrogen and oxygen atoms in total. The van der Waals surface area contributed by atoms with E-state index < -0.39 is 41.9 Å². The molecule has 2 aromatic rings. The Balaban J connectivity index is 0.000000525. The van der Waals surface area contributed by atoms with Crippen LogP contribution in [0.2, 0.25) is 0 Å². The molecule has 0 aromatic carbocycles. The second-order valence-corrected chi connectivity index (χ2v) is 11.0. The highest BCUT2D eigenvalue weighted by molar-refractivity contribution is 5.94. The lowest BCUT2D eigenvalue weighted by Gasteiger charge is -2.31. The van der Waals surface area contributed by atoms with Crippen LogP contribution in [0.1, 0.15) is 41.5 Å². The van der Waals surface area contributed by atoms with Gasteiger partial charge in [0, 0.05) is 56.7 Å². The normalized spacial score (nSPS) is 18.8. The van der Waals surface area contributed by atoms with Gasteiger partial charge in [-0.1, -0.05) is 6.07 Å². The Labute approximate surface area is 289 Å². The number of nitrogens with zero attached hydrogens (tertiary/aromatic N) is 4. The van der Waals surface area contributed by atoms with Crippen molar-refractivity contribution >= 4 is 29.8 Å². The molecule has 22 heteroatoms. The molecular formula is C30H33F9N4O9. The largest absolute Gasteiger partial charge is 0.490 e. The van der Waals surface area contributed by atoms with Crippen LogP contribution in [-0.2, 0) is 30.5 Å². The fourth-order valence-corrected chi connectivity index (χ4v) is 5.04. The summed E-state index contributed by atoms with van der Waals surface area (Å²) < 4.78 is 101. The summed E-state index contributed by atoms with van der Waals surface area (Å²) in [5.74, 6) is -8.39. The number of aliphatic carboxylic acids is 3. The standard InChI is InChI=1S/C24H30N4O3.3C2HF3O2/c1-3-31-23(30)24-10-6-12-28(22(29)19-8-5-11-25-13-19)15-20(24)14-27(17-24)16-21-9-4-7-18(2)26-21;3*3-2(4,5)1(6)7/h4-5,7-9,11,13,20H,3,6,10,12,14-17H2,1-2H3;3*(H,6,7)/t20-,24+;;;/m1.../s1. The van der Waals surface area contributed by atoms with Gasteiger partial charge in [0.25, 0.3) is 5.91 Å². The summed E-state index contributed by atoms with van der Waals surface area (Å²) in [4.78, 5) is 65.9. The number of carbonyl (C=O) groups excluding carboxylic acids is 2. The number of aromatic nitrogens is 2. The predicted molar refractivity (Wildman–Crippen MR) is 157 cm³/mol. The molecule has 290 valence electrons. The molecule has 2 saturated heterocycles. The number of hydrogen-bond donors (Lipinski definition) is 3. The molecule has 0 unspecified atom stereocenters. The number of fused-ring (bicyclic) bond motifs is 1. The van der Waals surface area contributed by atoms with E-state index in [0.29, 0.717) is 38.3 Å². The number of halogens is 9. The first-order valence-corrected chi connectivity index (χ1v) is 14.8. The molecular weight excluding hydrogens is 731 g/mol. The third kappa shape index (κ3) is 14.3. The first kappa shape index (κ1) is 45.0. The first-order valence-electron chi connectivity index (χ1n) is 14.8. The molecule has 2 aliphatic heterocycles. The van der Waals surface area contributed by atoms with Gasteiger partial charge in [0.05, 0.1) is 23.3 Å². The molecule has 3 N–H and O–H groups in total. The van der Waals surface area contributed by atoms with Gasteiger partial charge in [-0.25, -0.2) is 14.4 Å². The Bertz CT molecular complexity index is 1470. The van der Waals surface area contributed by atoms with Gasteiger partial charge in [0.15, 0.2) is 0 Å². The summed E-state index contributed by atoms with van der Waals surface area (Å²) in [5, 5.41) is 21.4. The van der Waals surface area contributed by atoms with Crippen LogP contribution in [0, 0.1) is 18.3 Å². The zero-order valence-electron chi connectivity index (χ0n) is 27.3. The Kier molecular flexibility index (Phi) is 16.4. The van der Waals surface area contributed by atoms with Gasteiger partial charge in [-0.3, -0.25) is 24.5 Å². The van der Waals surface area contributed by atoms with E-state index in [-0.39, 0.29) is 17.8 Å². The SMILES string of the molecule is CCOC(=O)[C@]12CCCN(C(=O)c3cccnc3)C[C@H]1CN(Cc1cccc(C)n1)C2.O=C(O)C(F)(F)F.O=C(O)C(F)(F)F.O=C(O)C(F)(F)F. The van der Waals surface area contributed by atoms with E-state index in [0.717, 1.165) is 30.8 Å². The molecule has 0 saturated carbocycles. The number of alkyl halides is 9. The summed E-state index contributed by atoms with van der Waals surface area (Å²) in [6.07, 6.45) is -10.5. The van der Waals surface area contributed by atoms with Crippen molar-refractivity contribution in [3.05, 3.63) is 59.7 Å². The van der Waals surface area contributed by atoms with Crippen molar-refractivity contribution in [3.63, 3.8) is 0 Å². The summed E-state index contributed by atoms with van der Waals surface area (Å²) in [6.45, 7) is 7.46. The number of carboxylic acid groups (broad SMARTS) is 3. The van der Waals surface area contributed by atoms with Crippen LogP contribution in [0.3, 0.4) is 0 Å². The number of esters is 1. The number of carbonyl (C=O) groups is 5. The number of amides is 1. The number of carboxylic acids is 3. The first-order chi connectivity index (χ1) is 23.8. The number of aryl methyl sites for hydroxylation is 1. The van der Waals surface area contributed by atoms with Crippen molar-refractivity contribution in [2.24, 2.45) is 11.3 Å². The van der Waals surface area contributed by atoms with Gasteiger partial charge in [0.1, 0.15) is 0 Å². The number of hydrogen-bond acceptors (Lipinski definition) is 9. The molecule has 0 bridgehead atoms. The lowest BCUT2D eigenvalue weighted by atomic mass is 9.75. The Morgan fingerprint density at radius 3 is 1.85 bits per heavy atom. The van der Waals surface area contributed by atoms with Crippen LogP contribution in [0.15, 0.2) is 42.7 Å². The maximum Gasteiger partial charge on any atom is 0.490 e. The maximum atomic E-state index is 13.2. The van der Waals surface area contributed by atoms with Crippen LogP contribution in [0.4, 0.5) is 39.5 Å². The zero-order valence-corrected chi connectivity index (χ0v) is 27.3. The fourth-order valence-electron chi connectivity index (χ4n) is 5.04. The van der Waals surface area contributed by atoms with Crippen LogP contribution in [-0.4, -0.2) is 116 Å². The molecule has 2 fully saturated rings. The highest BCUT2D eigenvalue weighted by Crippen LogP contribution is 2.44. The van der Waals surface area contributed by atoms with Crippen molar-refractivity contribution in [2.45, 2.75) is 51.8 Å². The maximum absolute atomic E-state index is 13.2. The quantitative estimate of drug-likeness (QED) is 0.284. The van der Waals surface area contributed by atoms with E-state index in [9.17, 15) is 49.1 Å². The highest BCUT2D eigenvalue weighted by Gasteiger charge is 2.54. The van der Waals surface area contributed by atoms with E-state index in [2.05, 4.69) is 14.9 Å². The predicted octanol–water partition coefficient (Wildman–Crippen LogP) is 4.60. The molecule has 0 spiro atoms. The number of pyridine rings is 2. The Hall–Kier alpha value is -5.02. The number of ether oxygens (including phenoxy) is 1. The van der Waals surface area contributed by atoms with Gasteiger partial charge in [-0.2, -0.15) is 39.5 Å². The van der Waals surface area contributed by atoms with Crippen LogP contribution in [0.25, 0.3) is 0 Å². The molecule has 0 radical (unpaired) electrons. The smallest absolute Gasteiger partial charge is 0.475 e. The van der Waals surface area contributed by atoms with E-state index >= 15 is 0 Å². The molecule has 2 aromatic heterocycles. The number of likely N-dealkylation sites (tertiary alicyclic amines) is 2. The highest BCUT2D eigenvalue weighted by atomic mass is 19.4. The van der Waals surface area contributed by atoms with E-state index in [4.69, 9.17) is 34.4 Å². The van der Waals surface area contributed by atoms with E-state index in [1.807, 2.05) is 36.9 Å². The average molecular weight is 765 g/mol. The van der Waals surface area contributed by atoms with Crippen LogP contribution in [0.5, 0.6) is 0 Å². The van der Waals surface area contributed by atoms with E-state index in [1.54, 1.807) is 24.5 Å². The van der Waals surface area contributed by atoms with Crippen molar-refractivity contribution in [1.82, 2.24) is 19.8 Å². The molecule has 2 atom stereocenters. The fraction of sp³-hybridized carbons (Fsp3) is 0.500. The van der Waals surface area contributed by atoms with Crippen molar-refractivity contribution in [1.29, 1.82) is 0 Å². The minimum atomic E-state index is -5.08. The molecule has 0 aliphatic carbocycles. The van der Waals surface area contributed by atoms with Gasteiger partial charge in [-0.15, -0.1) is 0 Å². The monoisotopic (exact) mass is 764 g/mol. The average Bonchev–Trinajstić information content (AvgIpc) is 3.26. The minimum absolute atomic E-state index is 0.0217. The van der Waals surface area contributed by atoms with Gasteiger partial charge < -0.3 is 25.0 Å². The second kappa shape index (κ2) is 19.0.